The lowest BCUT2D eigenvalue weighted by atomic mass is 9.83. The fourth-order valence-electron chi connectivity index (χ4n) is 5.28. The standard InChI is InChI=1S/C28H32N2O5/c1-2-12-34-20-15-30(16-20)14-18-6-8-19(9-7-18)17-35-25-5-3-4-21-23(25)13-24(27(21)32)22-10-11-26(31)29-28(22)33/h3-9,20,22,24H,2,10-17H2,1H3,(H,29,31,33). The number of nitrogens with one attached hydrogen (secondary N) is 1. The summed E-state index contributed by atoms with van der Waals surface area (Å²) in [7, 11) is 0. The molecule has 2 amide bonds. The van der Waals surface area contributed by atoms with Crippen LogP contribution in [-0.4, -0.2) is 48.3 Å². The molecule has 7 nitrogen and oxygen atoms in total. The lowest BCUT2D eigenvalue weighted by Gasteiger charge is -2.39. The van der Waals surface area contributed by atoms with Crippen LogP contribution in [0.25, 0.3) is 0 Å². The number of likely N-dealkylation sites (tertiary alicyclic amines) is 1. The Morgan fingerprint density at radius 1 is 1.00 bits per heavy atom. The van der Waals surface area contributed by atoms with Crippen LogP contribution in [0.2, 0.25) is 0 Å². The van der Waals surface area contributed by atoms with Gasteiger partial charge < -0.3 is 9.47 Å². The maximum atomic E-state index is 13.0. The minimum absolute atomic E-state index is 0.0300. The number of imide groups is 1. The fourth-order valence-corrected chi connectivity index (χ4v) is 5.28. The first-order valence-electron chi connectivity index (χ1n) is 12.6. The molecule has 2 heterocycles. The molecule has 7 heteroatoms. The van der Waals surface area contributed by atoms with E-state index in [9.17, 15) is 14.4 Å². The van der Waals surface area contributed by atoms with Gasteiger partial charge in [-0.2, -0.15) is 0 Å². The Morgan fingerprint density at radius 2 is 1.77 bits per heavy atom. The Labute approximate surface area is 205 Å². The molecule has 2 unspecified atom stereocenters. The van der Waals surface area contributed by atoms with Gasteiger partial charge in [-0.15, -0.1) is 0 Å². The van der Waals surface area contributed by atoms with Gasteiger partial charge in [0, 0.05) is 55.6 Å². The number of piperidine rings is 1. The predicted octanol–water partition coefficient (Wildman–Crippen LogP) is 3.28. The number of hydrogen-bond acceptors (Lipinski definition) is 6. The summed E-state index contributed by atoms with van der Waals surface area (Å²) in [6.07, 6.45) is 2.59. The van der Waals surface area contributed by atoms with Crippen molar-refractivity contribution in [2.24, 2.45) is 11.8 Å². The Bertz CT molecular complexity index is 1110. The lowest BCUT2D eigenvalue weighted by molar-refractivity contribution is -0.137. The van der Waals surface area contributed by atoms with Crippen LogP contribution in [-0.2, 0) is 33.9 Å². The van der Waals surface area contributed by atoms with E-state index in [4.69, 9.17) is 9.47 Å². The Morgan fingerprint density at radius 3 is 2.51 bits per heavy atom. The van der Waals surface area contributed by atoms with Crippen LogP contribution in [0.3, 0.4) is 0 Å². The van der Waals surface area contributed by atoms with Crippen molar-refractivity contribution in [1.29, 1.82) is 0 Å². The normalized spacial score (nSPS) is 22.6. The second-order valence-electron chi connectivity index (χ2n) is 9.81. The van der Waals surface area contributed by atoms with E-state index in [-0.39, 0.29) is 24.0 Å². The Kier molecular flexibility index (Phi) is 6.97. The topological polar surface area (TPSA) is 84.9 Å². The van der Waals surface area contributed by atoms with E-state index in [0.717, 1.165) is 43.8 Å². The highest BCUT2D eigenvalue weighted by Crippen LogP contribution is 2.39. The minimum Gasteiger partial charge on any atom is -0.489 e. The van der Waals surface area contributed by atoms with Gasteiger partial charge in [-0.25, -0.2) is 0 Å². The lowest BCUT2D eigenvalue weighted by Crippen LogP contribution is -2.51. The van der Waals surface area contributed by atoms with Crippen molar-refractivity contribution >= 4 is 17.6 Å². The molecular weight excluding hydrogens is 444 g/mol. The zero-order chi connectivity index (χ0) is 24.4. The summed E-state index contributed by atoms with van der Waals surface area (Å²) in [4.78, 5) is 39.3. The van der Waals surface area contributed by atoms with Gasteiger partial charge in [0.05, 0.1) is 6.10 Å². The first-order chi connectivity index (χ1) is 17.0. The summed E-state index contributed by atoms with van der Waals surface area (Å²) in [6.45, 7) is 6.27. The molecular formula is C28H32N2O5. The van der Waals surface area contributed by atoms with E-state index in [1.807, 2.05) is 12.1 Å². The maximum absolute atomic E-state index is 13.0. The van der Waals surface area contributed by atoms with Crippen LogP contribution in [0.1, 0.15) is 53.2 Å². The number of benzene rings is 2. The van der Waals surface area contributed by atoms with Crippen LogP contribution in [0, 0.1) is 11.8 Å². The number of nitrogens with zero attached hydrogens (tertiary/aromatic N) is 1. The third-order valence-electron chi connectivity index (χ3n) is 7.23. The fraction of sp³-hybridized carbons (Fsp3) is 0.464. The van der Waals surface area contributed by atoms with E-state index in [1.54, 1.807) is 6.07 Å². The Hall–Kier alpha value is -3.03. The van der Waals surface area contributed by atoms with Crippen LogP contribution in [0.4, 0.5) is 0 Å². The van der Waals surface area contributed by atoms with Crippen molar-refractivity contribution in [2.75, 3.05) is 19.7 Å². The average Bonchev–Trinajstić information content (AvgIpc) is 3.16. The zero-order valence-electron chi connectivity index (χ0n) is 20.1. The molecule has 0 aromatic heterocycles. The molecule has 0 saturated carbocycles. The molecule has 184 valence electrons. The van der Waals surface area contributed by atoms with E-state index in [0.29, 0.717) is 36.9 Å². The summed E-state index contributed by atoms with van der Waals surface area (Å²) >= 11 is 0. The van der Waals surface area contributed by atoms with E-state index in [1.165, 1.54) is 5.56 Å². The summed E-state index contributed by atoms with van der Waals surface area (Å²) < 4.78 is 11.9. The van der Waals surface area contributed by atoms with E-state index < -0.39 is 11.8 Å². The van der Waals surface area contributed by atoms with Crippen molar-refractivity contribution < 1.29 is 23.9 Å². The highest BCUT2D eigenvalue weighted by Gasteiger charge is 2.42. The first-order valence-corrected chi connectivity index (χ1v) is 12.6. The van der Waals surface area contributed by atoms with Gasteiger partial charge >= 0.3 is 0 Å². The number of carbonyl (C=O) groups excluding carboxylic acids is 3. The van der Waals surface area contributed by atoms with E-state index in [2.05, 4.69) is 41.4 Å². The van der Waals surface area contributed by atoms with Gasteiger partial charge in [0.1, 0.15) is 12.4 Å². The van der Waals surface area contributed by atoms with Gasteiger partial charge in [-0.3, -0.25) is 24.6 Å². The van der Waals surface area contributed by atoms with Gasteiger partial charge in [0.25, 0.3) is 0 Å². The van der Waals surface area contributed by atoms with Crippen LogP contribution in [0.15, 0.2) is 42.5 Å². The number of carbonyl (C=O) groups is 3. The minimum atomic E-state index is -0.465. The number of fused-ring (bicyclic) bond motifs is 1. The van der Waals surface area contributed by atoms with Gasteiger partial charge in [0.15, 0.2) is 5.78 Å². The second kappa shape index (κ2) is 10.3. The average molecular weight is 477 g/mol. The molecule has 2 aromatic rings. The SMILES string of the molecule is CCCOC1CN(Cc2ccc(COc3cccc4c3CC(C3CCC(=O)NC3=O)C4=O)cc2)C1. The molecule has 2 aromatic carbocycles. The third-order valence-corrected chi connectivity index (χ3v) is 7.23. The van der Waals surface area contributed by atoms with Crippen molar-refractivity contribution in [3.8, 4) is 5.75 Å². The van der Waals surface area contributed by atoms with Crippen LogP contribution >= 0.6 is 0 Å². The van der Waals surface area contributed by atoms with Gasteiger partial charge in [-0.05, 0) is 36.5 Å². The highest BCUT2D eigenvalue weighted by atomic mass is 16.5. The summed E-state index contributed by atoms with van der Waals surface area (Å²) in [6, 6.07) is 14.0. The number of hydrogen-bond donors (Lipinski definition) is 1. The van der Waals surface area contributed by atoms with Crippen LogP contribution in [0.5, 0.6) is 5.75 Å². The maximum Gasteiger partial charge on any atom is 0.230 e. The van der Waals surface area contributed by atoms with Gasteiger partial charge in [0.2, 0.25) is 11.8 Å². The second-order valence-corrected chi connectivity index (χ2v) is 9.81. The largest absolute Gasteiger partial charge is 0.489 e. The third kappa shape index (κ3) is 5.16. The number of ketones is 1. The molecule has 3 aliphatic rings. The van der Waals surface area contributed by atoms with E-state index >= 15 is 0 Å². The highest BCUT2D eigenvalue weighted by molar-refractivity contribution is 6.07. The molecule has 2 saturated heterocycles. The first kappa shape index (κ1) is 23.7. The molecule has 2 fully saturated rings. The Balaban J connectivity index is 1.17. The number of amides is 2. The summed E-state index contributed by atoms with van der Waals surface area (Å²) in [5, 5.41) is 2.38. The zero-order valence-corrected chi connectivity index (χ0v) is 20.1. The van der Waals surface area contributed by atoms with Crippen molar-refractivity contribution in [1.82, 2.24) is 10.2 Å². The predicted molar refractivity (Wildman–Crippen MR) is 130 cm³/mol. The molecule has 35 heavy (non-hydrogen) atoms. The molecule has 1 N–H and O–H groups in total. The summed E-state index contributed by atoms with van der Waals surface area (Å²) in [5.74, 6) is -0.842. The van der Waals surface area contributed by atoms with Crippen molar-refractivity contribution in [2.45, 2.75) is 51.9 Å². The van der Waals surface area contributed by atoms with Crippen molar-refractivity contribution in [3.05, 3.63) is 64.7 Å². The molecule has 0 radical (unpaired) electrons. The number of rotatable bonds is 9. The number of ether oxygens (including phenoxy) is 2. The monoisotopic (exact) mass is 476 g/mol. The molecule has 0 spiro atoms. The van der Waals surface area contributed by atoms with Crippen molar-refractivity contribution in [3.63, 3.8) is 0 Å². The summed E-state index contributed by atoms with van der Waals surface area (Å²) in [5.41, 5.74) is 3.82. The molecule has 0 bridgehead atoms. The molecule has 2 atom stereocenters. The molecule has 1 aliphatic carbocycles. The molecule has 5 rings (SSSR count). The molecule has 2 aliphatic heterocycles. The smallest absolute Gasteiger partial charge is 0.230 e. The van der Waals surface area contributed by atoms with Crippen LogP contribution < -0.4 is 10.1 Å². The number of Topliss-reactive ketones (excluding diaryl/α,β-unsaturated/α-hetero) is 1. The van der Waals surface area contributed by atoms with Gasteiger partial charge in [-0.1, -0.05) is 43.3 Å². The quantitative estimate of drug-likeness (QED) is 0.559.